The molecule has 374 valence electrons. The molecule has 0 saturated carbocycles. The van der Waals surface area contributed by atoms with Crippen molar-refractivity contribution in [3.05, 3.63) is 213 Å². The molecule has 8 aromatic rings. The first-order valence-corrected chi connectivity index (χ1v) is 22.4. The Balaban J connectivity index is 0.000000238. The summed E-state index contributed by atoms with van der Waals surface area (Å²) in [5, 5.41) is 0. The lowest BCUT2D eigenvalue weighted by atomic mass is 9.12. The lowest BCUT2D eigenvalue weighted by Gasteiger charge is -2.44. The summed E-state index contributed by atoms with van der Waals surface area (Å²) in [5.74, 6) is -70.5. The van der Waals surface area contributed by atoms with E-state index in [4.69, 9.17) is 4.74 Å². The third-order valence-electron chi connectivity index (χ3n) is 10.7. The Hall–Kier alpha value is -6.60. The second-order valence-electron chi connectivity index (χ2n) is 14.6. The maximum absolute atomic E-state index is 15.4. The van der Waals surface area contributed by atoms with Gasteiger partial charge in [-0.2, -0.15) is 0 Å². The molecule has 0 bridgehead atoms. The fraction of sp³-hybridized carbons (Fsp3) is 0.0213. The summed E-state index contributed by atoms with van der Waals surface area (Å²) in [6, 6.07) is 34.3. The molecule has 0 unspecified atom stereocenters. The van der Waals surface area contributed by atoms with Gasteiger partial charge in [0.1, 0.15) is 69.3 Å². The molecule has 0 saturated heterocycles. The van der Waals surface area contributed by atoms with Crippen molar-refractivity contribution in [2.24, 2.45) is 0 Å². The van der Waals surface area contributed by atoms with Crippen LogP contribution < -0.4 is 26.6 Å². The maximum atomic E-state index is 15.4. The van der Waals surface area contributed by atoms with Crippen molar-refractivity contribution in [1.29, 1.82) is 0 Å². The minimum absolute atomic E-state index is 0.0717. The van der Waals surface area contributed by atoms with Gasteiger partial charge in [-0.3, -0.25) is 0 Å². The van der Waals surface area contributed by atoms with Crippen LogP contribution in [0.15, 0.2) is 120 Å². The van der Waals surface area contributed by atoms with E-state index in [1.807, 2.05) is 23.5 Å². The Morgan fingerprint density at radius 1 is 0.347 bits per heavy atom. The number of hydrogen-bond donors (Lipinski definition) is 0. The summed E-state index contributed by atoms with van der Waals surface area (Å²) in [7, 11) is 1.62. The predicted molar refractivity (Wildman–Crippen MR) is 226 cm³/mol. The van der Waals surface area contributed by atoms with E-state index in [1.165, 1.54) is 23.1 Å². The van der Waals surface area contributed by atoms with Gasteiger partial charge in [0, 0.05) is 11.0 Å². The van der Waals surface area contributed by atoms with Gasteiger partial charge in [0.15, 0.2) is 79.6 Å². The summed E-state index contributed by atoms with van der Waals surface area (Å²) >= 11 is 3.68. The van der Waals surface area contributed by atoms with Crippen LogP contribution in [-0.4, -0.2) is 13.3 Å². The van der Waals surface area contributed by atoms with Crippen LogP contribution in [0.25, 0.3) is 0 Å². The Kier molecular flexibility index (Phi) is 15.4. The molecule has 0 aliphatic rings. The van der Waals surface area contributed by atoms with Crippen LogP contribution in [0.4, 0.5) is 87.8 Å². The number of rotatable bonds is 10. The second-order valence-corrected chi connectivity index (χ2v) is 19.3. The Bertz CT molecular complexity index is 2960. The summed E-state index contributed by atoms with van der Waals surface area (Å²) in [5.41, 5.74) is -14.3. The highest BCUT2D eigenvalue weighted by Gasteiger charge is 2.52. The number of ether oxygens (including phenoxy) is 1. The normalized spacial score (nSPS) is 11.6. The largest absolute Gasteiger partial charge is 0.497 e. The van der Waals surface area contributed by atoms with Crippen LogP contribution in [0.3, 0.4) is 0 Å². The van der Waals surface area contributed by atoms with Crippen LogP contribution in [-0.2, 0) is 10.9 Å². The highest BCUT2D eigenvalue weighted by atomic mass is 32.2. The molecule has 0 aliphatic carbocycles. The molecular formula is C47H19BF20OS3. The number of thiophene rings is 1. The third-order valence-corrected chi connectivity index (χ3v) is 15.5. The highest BCUT2D eigenvalue weighted by molar-refractivity contribution is 8.02. The van der Waals surface area contributed by atoms with Crippen molar-refractivity contribution >= 4 is 62.0 Å². The van der Waals surface area contributed by atoms with E-state index in [-0.39, 0.29) is 10.9 Å². The predicted octanol–water partition coefficient (Wildman–Crippen LogP) is 12.8. The molecule has 1 aromatic heterocycles. The average Bonchev–Trinajstić information content (AvgIpc) is 3.84. The van der Waals surface area contributed by atoms with Crippen molar-refractivity contribution in [1.82, 2.24) is 0 Å². The van der Waals surface area contributed by atoms with Gasteiger partial charge in [-0.15, -0.1) is 21.9 Å². The van der Waals surface area contributed by atoms with E-state index in [0.717, 1.165) is 5.75 Å². The summed E-state index contributed by atoms with van der Waals surface area (Å²) in [6.07, 6.45) is -7.22. The molecule has 7 aromatic carbocycles. The summed E-state index contributed by atoms with van der Waals surface area (Å²) in [6.45, 7) is 0. The zero-order valence-corrected chi connectivity index (χ0v) is 37.5. The van der Waals surface area contributed by atoms with Gasteiger partial charge in [0.25, 0.3) is 0 Å². The average molecular weight is 1090 g/mol. The highest BCUT2D eigenvalue weighted by Crippen LogP contribution is 2.41. The summed E-state index contributed by atoms with van der Waals surface area (Å²) < 4.78 is 302. The minimum Gasteiger partial charge on any atom is -0.497 e. The topological polar surface area (TPSA) is 9.23 Å². The Morgan fingerprint density at radius 2 is 0.625 bits per heavy atom. The van der Waals surface area contributed by atoms with Gasteiger partial charge in [-0.25, -0.2) is 87.8 Å². The SMILES string of the molecule is COc1ccc(Sc2ccc([S+](c3ccccc3)c3ccccc3)s2)cc1.Fc1c(F)c(F)c([B-](c2c(F)c(F)c(F)c(F)c2F)(c2c(F)c(F)c(F)c(F)c2F)c2c(F)c(F)c(F)c(F)c2F)c(F)c1F. The third kappa shape index (κ3) is 8.92. The molecule has 0 atom stereocenters. The van der Waals surface area contributed by atoms with E-state index >= 15 is 35.1 Å². The zero-order valence-electron chi connectivity index (χ0n) is 35.0. The molecular weight excluding hydrogens is 1070 g/mol. The molecule has 8 rings (SSSR count). The van der Waals surface area contributed by atoms with E-state index in [1.54, 1.807) is 18.9 Å². The first kappa shape index (κ1) is 53.2. The van der Waals surface area contributed by atoms with Crippen LogP contribution in [0, 0.1) is 116 Å². The molecule has 0 spiro atoms. The first-order valence-electron chi connectivity index (χ1n) is 19.5. The van der Waals surface area contributed by atoms with Gasteiger partial charge in [0.05, 0.1) is 11.3 Å². The lowest BCUT2D eigenvalue weighted by Crippen LogP contribution is -2.81. The zero-order chi connectivity index (χ0) is 52.8. The van der Waals surface area contributed by atoms with Crippen molar-refractivity contribution in [3.8, 4) is 5.75 Å². The van der Waals surface area contributed by atoms with Gasteiger partial charge in [-0.1, -0.05) is 59.5 Å². The lowest BCUT2D eigenvalue weighted by molar-refractivity contribution is 0.378. The fourth-order valence-corrected chi connectivity index (χ4v) is 12.6. The van der Waals surface area contributed by atoms with E-state index in [0.29, 0.717) is 0 Å². The number of methoxy groups -OCH3 is 1. The van der Waals surface area contributed by atoms with Gasteiger partial charge < -0.3 is 4.74 Å². The number of halogens is 20. The Morgan fingerprint density at radius 3 is 0.903 bits per heavy atom. The monoisotopic (exact) mass is 1090 g/mol. The van der Waals surface area contributed by atoms with E-state index in [9.17, 15) is 52.7 Å². The number of benzene rings is 7. The maximum Gasteiger partial charge on any atom is 0.221 e. The molecule has 72 heavy (non-hydrogen) atoms. The number of hydrogen-bond acceptors (Lipinski definition) is 3. The van der Waals surface area contributed by atoms with Gasteiger partial charge in [0.2, 0.25) is 4.21 Å². The van der Waals surface area contributed by atoms with Crippen LogP contribution in [0.1, 0.15) is 0 Å². The fourth-order valence-electron chi connectivity index (χ4n) is 7.58. The van der Waals surface area contributed by atoms with Crippen molar-refractivity contribution < 1.29 is 92.5 Å². The van der Waals surface area contributed by atoms with Crippen LogP contribution in [0.5, 0.6) is 5.75 Å². The second kappa shape index (κ2) is 20.9. The van der Waals surface area contributed by atoms with Gasteiger partial charge in [-0.05, 0) is 54.6 Å². The smallest absolute Gasteiger partial charge is 0.221 e. The quantitative estimate of drug-likeness (QED) is 0.0444. The van der Waals surface area contributed by atoms with E-state index in [2.05, 4.69) is 84.9 Å². The van der Waals surface area contributed by atoms with Crippen molar-refractivity contribution in [2.75, 3.05) is 7.11 Å². The molecule has 0 N–H and O–H groups in total. The molecule has 0 fully saturated rings. The molecule has 1 heterocycles. The van der Waals surface area contributed by atoms with Gasteiger partial charge >= 0.3 is 0 Å². The van der Waals surface area contributed by atoms with Crippen molar-refractivity contribution in [3.63, 3.8) is 0 Å². The molecule has 0 radical (unpaired) electrons. The first-order chi connectivity index (χ1) is 34.0. The molecule has 1 nitrogen and oxygen atoms in total. The molecule has 0 amide bonds. The van der Waals surface area contributed by atoms with Crippen LogP contribution in [0.2, 0.25) is 0 Å². The molecule has 25 heteroatoms. The standard InChI is InChI=1S/C24BF20.C23H19OS3/c26-5-1(6(27)14(35)21(42)13(5)34)25(2-7(28)15(36)22(43)16(37)8(2)29,3-9(30)17(38)23(44)18(39)10(3)31)4-11(32)19(40)24(45)20(41)12(4)33;1-24-18-12-14-19(15-13-18)25-22-16-17-23(26-22)27(20-8-4-2-5-9-20)21-10-6-3-7-11-21/h;2-17H,1H3/q-1;+1. The van der Waals surface area contributed by atoms with Crippen molar-refractivity contribution in [2.45, 2.75) is 23.1 Å². The minimum atomic E-state index is -7.22. The van der Waals surface area contributed by atoms with Crippen LogP contribution >= 0.6 is 23.1 Å². The van der Waals surface area contributed by atoms with E-state index < -0.39 is 144 Å². The summed E-state index contributed by atoms with van der Waals surface area (Å²) in [4.78, 5) is 3.93. The Labute approximate surface area is 402 Å². The molecule has 0 aliphatic heterocycles.